The fourth-order valence-corrected chi connectivity index (χ4v) is 4.26. The van der Waals surface area contributed by atoms with Crippen molar-refractivity contribution in [2.24, 2.45) is 0 Å². The number of carbonyl (C=O) groups excluding carboxylic acids is 2. The molecule has 34 heavy (non-hydrogen) atoms. The largest absolute Gasteiger partial charge is 0.489 e. The predicted molar refractivity (Wildman–Crippen MR) is 132 cm³/mol. The van der Waals surface area contributed by atoms with Gasteiger partial charge in [0.25, 0.3) is 0 Å². The second kappa shape index (κ2) is 11.5. The van der Waals surface area contributed by atoms with Crippen molar-refractivity contribution in [2.45, 2.75) is 45.6 Å². The van der Waals surface area contributed by atoms with Gasteiger partial charge in [0.05, 0.1) is 13.0 Å². The molecule has 1 amide bonds. The van der Waals surface area contributed by atoms with E-state index in [1.165, 1.54) is 11.1 Å². The quantitative estimate of drug-likeness (QED) is 0.478. The number of aryl methyl sites for hydroxylation is 1. The van der Waals surface area contributed by atoms with Crippen molar-refractivity contribution >= 4 is 11.9 Å². The molecule has 176 valence electrons. The van der Waals surface area contributed by atoms with Crippen LogP contribution in [0.1, 0.15) is 46.7 Å². The highest BCUT2D eigenvalue weighted by molar-refractivity contribution is 5.79. The molecule has 0 fully saturated rings. The van der Waals surface area contributed by atoms with Gasteiger partial charge in [-0.25, -0.2) is 0 Å². The molecule has 3 aromatic carbocycles. The molecule has 3 aromatic rings. The Morgan fingerprint density at radius 1 is 0.912 bits per heavy atom. The van der Waals surface area contributed by atoms with Gasteiger partial charge >= 0.3 is 5.97 Å². The Labute approximate surface area is 201 Å². The van der Waals surface area contributed by atoms with Crippen molar-refractivity contribution in [3.8, 4) is 5.75 Å². The molecule has 0 spiro atoms. The fraction of sp³-hybridized carbons (Fsp3) is 0.310. The Hall–Kier alpha value is -3.60. The molecule has 0 unspecified atom stereocenters. The maximum absolute atomic E-state index is 12.7. The first-order valence-electron chi connectivity index (χ1n) is 11.9. The van der Waals surface area contributed by atoms with E-state index in [9.17, 15) is 9.59 Å². The van der Waals surface area contributed by atoms with Crippen LogP contribution in [0.3, 0.4) is 0 Å². The van der Waals surface area contributed by atoms with E-state index < -0.39 is 0 Å². The van der Waals surface area contributed by atoms with Crippen LogP contribution in [0, 0.1) is 0 Å². The van der Waals surface area contributed by atoms with Crippen molar-refractivity contribution in [3.05, 3.63) is 100 Å². The van der Waals surface area contributed by atoms with Gasteiger partial charge in [0, 0.05) is 24.9 Å². The van der Waals surface area contributed by atoms with Crippen LogP contribution in [-0.2, 0) is 46.6 Å². The molecule has 0 aromatic heterocycles. The molecule has 4 rings (SSSR count). The molecule has 0 saturated heterocycles. The lowest BCUT2D eigenvalue weighted by molar-refractivity contribution is -0.143. The third-order valence-corrected chi connectivity index (χ3v) is 6.13. The zero-order valence-electron chi connectivity index (χ0n) is 19.6. The average molecular weight is 458 g/mol. The molecule has 5 heteroatoms. The van der Waals surface area contributed by atoms with Crippen LogP contribution in [-0.4, -0.2) is 25.0 Å². The molecule has 0 radical (unpaired) electrons. The van der Waals surface area contributed by atoms with Gasteiger partial charge in [-0.05, 0) is 53.6 Å². The maximum Gasteiger partial charge on any atom is 0.306 e. The molecular formula is C29H31NO4. The minimum absolute atomic E-state index is 0.0111. The van der Waals surface area contributed by atoms with Crippen molar-refractivity contribution in [2.75, 3.05) is 13.2 Å². The monoisotopic (exact) mass is 457 g/mol. The number of rotatable bonds is 9. The molecule has 1 aliphatic heterocycles. The van der Waals surface area contributed by atoms with Gasteiger partial charge in [-0.15, -0.1) is 0 Å². The normalized spacial score (nSPS) is 12.0. The Balaban J connectivity index is 1.28. The number of amides is 1. The summed E-state index contributed by atoms with van der Waals surface area (Å²) in [5.41, 5.74) is 6.81. The molecule has 1 aliphatic rings. The van der Waals surface area contributed by atoms with Crippen LogP contribution in [0.25, 0.3) is 0 Å². The zero-order chi connectivity index (χ0) is 23.8. The second-order valence-electron chi connectivity index (χ2n) is 8.53. The van der Waals surface area contributed by atoms with E-state index in [-0.39, 0.29) is 11.9 Å². The summed E-state index contributed by atoms with van der Waals surface area (Å²) in [5, 5.41) is 3.05. The average Bonchev–Trinajstić information content (AvgIpc) is 3.04. The van der Waals surface area contributed by atoms with Crippen LogP contribution in [0.15, 0.2) is 66.7 Å². The first kappa shape index (κ1) is 23.6. The number of carbonyl (C=O) groups is 2. The minimum Gasteiger partial charge on any atom is -0.489 e. The number of nitrogens with one attached hydrogen (secondary N) is 1. The summed E-state index contributed by atoms with van der Waals surface area (Å²) in [6.45, 7) is 3.36. The maximum atomic E-state index is 12.7. The van der Waals surface area contributed by atoms with Gasteiger partial charge in [0.15, 0.2) is 0 Å². The molecule has 0 bridgehead atoms. The lowest BCUT2D eigenvalue weighted by atomic mass is 9.95. The number of hydrogen-bond donors (Lipinski definition) is 1. The summed E-state index contributed by atoms with van der Waals surface area (Å²) in [7, 11) is 0. The Bertz CT molecular complexity index is 1140. The summed E-state index contributed by atoms with van der Waals surface area (Å²) < 4.78 is 11.0. The first-order chi connectivity index (χ1) is 16.6. The van der Waals surface area contributed by atoms with Gasteiger partial charge in [-0.2, -0.15) is 0 Å². The molecular weight excluding hydrogens is 426 g/mol. The van der Waals surface area contributed by atoms with Crippen molar-refractivity contribution in [1.82, 2.24) is 5.32 Å². The van der Waals surface area contributed by atoms with Gasteiger partial charge in [0.2, 0.25) is 5.91 Å². The van der Waals surface area contributed by atoms with E-state index in [0.29, 0.717) is 39.0 Å². The number of hydrogen-bond acceptors (Lipinski definition) is 4. The first-order valence-corrected chi connectivity index (χ1v) is 11.9. The number of ether oxygens (including phenoxy) is 2. The summed E-state index contributed by atoms with van der Waals surface area (Å²) >= 11 is 0. The molecule has 0 saturated carbocycles. The van der Waals surface area contributed by atoms with Crippen LogP contribution >= 0.6 is 0 Å². The third-order valence-electron chi connectivity index (χ3n) is 6.13. The Morgan fingerprint density at radius 3 is 2.41 bits per heavy atom. The smallest absolute Gasteiger partial charge is 0.306 e. The topological polar surface area (TPSA) is 64.6 Å². The van der Waals surface area contributed by atoms with E-state index >= 15 is 0 Å². The third kappa shape index (κ3) is 6.25. The highest BCUT2D eigenvalue weighted by Gasteiger charge is 2.18. The van der Waals surface area contributed by atoms with Crippen molar-refractivity contribution in [3.63, 3.8) is 0 Å². The van der Waals surface area contributed by atoms with E-state index in [4.69, 9.17) is 9.47 Å². The molecule has 0 atom stereocenters. The van der Waals surface area contributed by atoms with E-state index in [0.717, 1.165) is 40.8 Å². The SMILES string of the molecule is CCOC(=O)CCc1ccc(CCNC(=O)Cc2cccc3c2Cc2ccccc2CO3)cc1. The van der Waals surface area contributed by atoms with Gasteiger partial charge in [-0.3, -0.25) is 9.59 Å². The fourth-order valence-electron chi connectivity index (χ4n) is 4.26. The van der Waals surface area contributed by atoms with Crippen LogP contribution in [0.5, 0.6) is 5.75 Å². The van der Waals surface area contributed by atoms with E-state index in [1.807, 2.05) is 49.4 Å². The van der Waals surface area contributed by atoms with Crippen LogP contribution in [0.2, 0.25) is 0 Å². The molecule has 5 nitrogen and oxygen atoms in total. The number of benzene rings is 3. The van der Waals surface area contributed by atoms with Crippen LogP contribution < -0.4 is 10.1 Å². The zero-order valence-corrected chi connectivity index (χ0v) is 19.6. The van der Waals surface area contributed by atoms with Crippen molar-refractivity contribution in [1.29, 1.82) is 0 Å². The Morgan fingerprint density at radius 2 is 1.65 bits per heavy atom. The van der Waals surface area contributed by atoms with Gasteiger partial charge < -0.3 is 14.8 Å². The van der Waals surface area contributed by atoms with E-state index in [2.05, 4.69) is 29.6 Å². The minimum atomic E-state index is -0.166. The second-order valence-corrected chi connectivity index (χ2v) is 8.53. The number of esters is 1. The van der Waals surface area contributed by atoms with Gasteiger partial charge in [0.1, 0.15) is 12.4 Å². The lowest BCUT2D eigenvalue weighted by Gasteiger charge is -2.13. The van der Waals surface area contributed by atoms with Crippen LogP contribution in [0.4, 0.5) is 0 Å². The lowest BCUT2D eigenvalue weighted by Crippen LogP contribution is -2.27. The molecule has 1 heterocycles. The van der Waals surface area contributed by atoms with Gasteiger partial charge in [-0.1, -0.05) is 60.7 Å². The molecule has 0 aliphatic carbocycles. The highest BCUT2D eigenvalue weighted by Crippen LogP contribution is 2.31. The summed E-state index contributed by atoms with van der Waals surface area (Å²) in [5.74, 6) is 0.710. The van der Waals surface area contributed by atoms with Crippen molar-refractivity contribution < 1.29 is 19.1 Å². The summed E-state index contributed by atoms with van der Waals surface area (Å²) in [4.78, 5) is 24.2. The Kier molecular flexibility index (Phi) is 7.97. The molecule has 1 N–H and O–H groups in total. The highest BCUT2D eigenvalue weighted by atomic mass is 16.5. The summed E-state index contributed by atoms with van der Waals surface area (Å²) in [6, 6.07) is 22.4. The van der Waals surface area contributed by atoms with E-state index in [1.54, 1.807) is 0 Å². The standard InChI is InChI=1S/C29H31NO4/c1-2-33-29(32)15-14-21-10-12-22(13-11-21)16-17-30-28(31)19-24-8-5-9-27-26(24)18-23-6-3-4-7-25(23)20-34-27/h3-13H,2,14-20H2,1H3,(H,30,31). The predicted octanol–water partition coefficient (Wildman–Crippen LogP) is 4.57. The number of fused-ring (bicyclic) bond motifs is 2. The summed E-state index contributed by atoms with van der Waals surface area (Å²) in [6.07, 6.45) is 2.93.